The maximum atomic E-state index is 12.4. The minimum absolute atomic E-state index is 0.161. The van der Waals surface area contributed by atoms with Crippen molar-refractivity contribution in [1.82, 2.24) is 10.6 Å². The Balaban J connectivity index is 1.97. The van der Waals surface area contributed by atoms with Crippen molar-refractivity contribution < 1.29 is 19.1 Å². The summed E-state index contributed by atoms with van der Waals surface area (Å²) in [6.07, 6.45) is 0.529. The first-order chi connectivity index (χ1) is 13.1. The number of hydrogen-bond donors (Lipinski definition) is 2. The van der Waals surface area contributed by atoms with E-state index >= 15 is 0 Å². The van der Waals surface area contributed by atoms with E-state index in [0.717, 1.165) is 0 Å². The maximum Gasteiger partial charge on any atom is 0.305 e. The molecule has 2 aromatic rings. The minimum atomic E-state index is -0.394. The van der Waals surface area contributed by atoms with Gasteiger partial charge in [0.05, 0.1) is 6.61 Å². The molecule has 0 radical (unpaired) electrons. The zero-order valence-electron chi connectivity index (χ0n) is 15.3. The number of carbonyl (C=O) groups is 3. The number of nitrogens with one attached hydrogen (secondary N) is 2. The van der Waals surface area contributed by atoms with Gasteiger partial charge in [-0.3, -0.25) is 14.4 Å². The van der Waals surface area contributed by atoms with Crippen molar-refractivity contribution in [1.29, 1.82) is 0 Å². The number of amides is 2. The second-order valence-corrected chi connectivity index (χ2v) is 5.96. The number of carbonyl (C=O) groups excluding carboxylic acids is 3. The number of ether oxygens (including phenoxy) is 1. The Morgan fingerprint density at radius 3 is 2.00 bits per heavy atom. The van der Waals surface area contributed by atoms with Gasteiger partial charge in [-0.25, -0.2) is 0 Å². The maximum absolute atomic E-state index is 12.4. The van der Waals surface area contributed by atoms with E-state index in [1.807, 2.05) is 12.1 Å². The molecule has 0 aliphatic carbocycles. The molecule has 0 aliphatic heterocycles. The third-order valence-corrected chi connectivity index (χ3v) is 3.92. The van der Waals surface area contributed by atoms with Crippen molar-refractivity contribution in [3.05, 3.63) is 71.8 Å². The second kappa shape index (κ2) is 10.8. The van der Waals surface area contributed by atoms with Crippen molar-refractivity contribution in [3.8, 4) is 0 Å². The Morgan fingerprint density at radius 2 is 1.44 bits per heavy atom. The highest BCUT2D eigenvalue weighted by Gasteiger charge is 2.17. The van der Waals surface area contributed by atoms with E-state index in [4.69, 9.17) is 4.74 Å². The van der Waals surface area contributed by atoms with E-state index in [-0.39, 0.29) is 30.7 Å². The average Bonchev–Trinajstić information content (AvgIpc) is 2.71. The number of rotatable bonds is 9. The Bertz CT molecular complexity index is 747. The summed E-state index contributed by atoms with van der Waals surface area (Å²) >= 11 is 0. The molecule has 0 fully saturated rings. The zero-order chi connectivity index (χ0) is 19.5. The van der Waals surface area contributed by atoms with Gasteiger partial charge in [0.1, 0.15) is 0 Å². The van der Waals surface area contributed by atoms with Crippen molar-refractivity contribution in [2.24, 2.45) is 0 Å². The molecule has 1 unspecified atom stereocenters. The van der Waals surface area contributed by atoms with Crippen LogP contribution in [0.1, 0.15) is 40.5 Å². The topological polar surface area (TPSA) is 84.5 Å². The Labute approximate surface area is 158 Å². The lowest BCUT2D eigenvalue weighted by molar-refractivity contribution is -0.143. The molecular formula is C21H24N2O4. The average molecular weight is 368 g/mol. The van der Waals surface area contributed by atoms with E-state index in [0.29, 0.717) is 24.2 Å². The number of hydrogen-bond acceptors (Lipinski definition) is 4. The molecule has 0 aromatic heterocycles. The van der Waals surface area contributed by atoms with Crippen molar-refractivity contribution >= 4 is 17.8 Å². The summed E-state index contributed by atoms with van der Waals surface area (Å²) in [5.74, 6) is -0.810. The lowest BCUT2D eigenvalue weighted by Gasteiger charge is -2.19. The predicted molar refractivity (Wildman–Crippen MR) is 102 cm³/mol. The second-order valence-electron chi connectivity index (χ2n) is 5.96. The standard InChI is InChI=1S/C21H24N2O4/c1-2-27-19(24)14-13-18(23-21(26)17-11-7-4-8-12-17)15-22-20(25)16-9-5-3-6-10-16/h3-12,18H,2,13-15H2,1H3,(H,22,25)(H,23,26). The first kappa shape index (κ1) is 20.2. The van der Waals surface area contributed by atoms with Gasteiger partial charge in [0, 0.05) is 30.1 Å². The van der Waals surface area contributed by atoms with Crippen LogP contribution in [0.4, 0.5) is 0 Å². The van der Waals surface area contributed by atoms with Gasteiger partial charge in [0.25, 0.3) is 11.8 Å². The lowest BCUT2D eigenvalue weighted by atomic mass is 10.1. The smallest absolute Gasteiger partial charge is 0.305 e. The highest BCUT2D eigenvalue weighted by Crippen LogP contribution is 2.04. The van der Waals surface area contributed by atoms with Gasteiger partial charge in [-0.2, -0.15) is 0 Å². The zero-order valence-corrected chi connectivity index (χ0v) is 15.3. The fraction of sp³-hybridized carbons (Fsp3) is 0.286. The van der Waals surface area contributed by atoms with Crippen LogP contribution < -0.4 is 10.6 Å². The molecule has 27 heavy (non-hydrogen) atoms. The number of benzene rings is 2. The molecule has 0 spiro atoms. The molecule has 2 amide bonds. The number of esters is 1. The van der Waals surface area contributed by atoms with Crippen LogP contribution in [-0.4, -0.2) is 37.0 Å². The molecule has 2 aromatic carbocycles. The van der Waals surface area contributed by atoms with Crippen molar-refractivity contribution in [2.75, 3.05) is 13.2 Å². The molecule has 2 rings (SSSR count). The third-order valence-electron chi connectivity index (χ3n) is 3.92. The summed E-state index contributed by atoms with van der Waals surface area (Å²) < 4.78 is 4.94. The van der Waals surface area contributed by atoms with Gasteiger partial charge in [-0.05, 0) is 37.6 Å². The van der Waals surface area contributed by atoms with Gasteiger partial charge in [0.2, 0.25) is 0 Å². The van der Waals surface area contributed by atoms with Gasteiger partial charge in [0.15, 0.2) is 0 Å². The fourth-order valence-corrected chi connectivity index (χ4v) is 2.52. The van der Waals surface area contributed by atoms with E-state index in [1.54, 1.807) is 55.5 Å². The lowest BCUT2D eigenvalue weighted by Crippen LogP contribution is -2.44. The molecule has 0 saturated heterocycles. The molecule has 6 heteroatoms. The molecule has 1 atom stereocenters. The first-order valence-electron chi connectivity index (χ1n) is 8.95. The Hall–Kier alpha value is -3.15. The quantitative estimate of drug-likeness (QED) is 0.666. The van der Waals surface area contributed by atoms with Gasteiger partial charge >= 0.3 is 5.97 Å². The Kier molecular flexibility index (Phi) is 8.03. The van der Waals surface area contributed by atoms with E-state index < -0.39 is 6.04 Å². The fourth-order valence-electron chi connectivity index (χ4n) is 2.52. The van der Waals surface area contributed by atoms with Crippen LogP contribution in [-0.2, 0) is 9.53 Å². The van der Waals surface area contributed by atoms with Gasteiger partial charge in [-0.15, -0.1) is 0 Å². The molecule has 6 nitrogen and oxygen atoms in total. The Morgan fingerprint density at radius 1 is 0.889 bits per heavy atom. The molecule has 0 saturated carbocycles. The van der Waals surface area contributed by atoms with Crippen LogP contribution in [0.2, 0.25) is 0 Å². The van der Waals surface area contributed by atoms with Crippen LogP contribution in [0.5, 0.6) is 0 Å². The van der Waals surface area contributed by atoms with Crippen LogP contribution in [0.3, 0.4) is 0 Å². The highest BCUT2D eigenvalue weighted by atomic mass is 16.5. The summed E-state index contributed by atoms with van der Waals surface area (Å²) in [4.78, 5) is 36.3. The van der Waals surface area contributed by atoms with E-state index in [2.05, 4.69) is 10.6 Å². The third kappa shape index (κ3) is 6.93. The summed E-state index contributed by atoms with van der Waals surface area (Å²) in [6.45, 7) is 2.27. The summed E-state index contributed by atoms with van der Waals surface area (Å²) in [7, 11) is 0. The van der Waals surface area contributed by atoms with Gasteiger partial charge in [-0.1, -0.05) is 36.4 Å². The summed E-state index contributed by atoms with van der Waals surface area (Å²) in [5, 5.41) is 5.68. The highest BCUT2D eigenvalue weighted by molar-refractivity contribution is 5.95. The minimum Gasteiger partial charge on any atom is -0.466 e. The molecule has 0 bridgehead atoms. The van der Waals surface area contributed by atoms with Crippen LogP contribution in [0, 0.1) is 0 Å². The van der Waals surface area contributed by atoms with Crippen molar-refractivity contribution in [2.45, 2.75) is 25.8 Å². The van der Waals surface area contributed by atoms with E-state index in [1.165, 1.54) is 0 Å². The van der Waals surface area contributed by atoms with Gasteiger partial charge < -0.3 is 15.4 Å². The largest absolute Gasteiger partial charge is 0.466 e. The summed E-state index contributed by atoms with van der Waals surface area (Å²) in [5.41, 5.74) is 1.06. The SMILES string of the molecule is CCOC(=O)CCC(CNC(=O)c1ccccc1)NC(=O)c1ccccc1. The predicted octanol–water partition coefficient (Wildman–Crippen LogP) is 2.56. The van der Waals surface area contributed by atoms with Crippen LogP contribution in [0.15, 0.2) is 60.7 Å². The summed E-state index contributed by atoms with van der Waals surface area (Å²) in [6, 6.07) is 17.2. The molecule has 2 N–H and O–H groups in total. The first-order valence-corrected chi connectivity index (χ1v) is 8.95. The van der Waals surface area contributed by atoms with Crippen molar-refractivity contribution in [3.63, 3.8) is 0 Å². The van der Waals surface area contributed by atoms with Crippen LogP contribution >= 0.6 is 0 Å². The monoisotopic (exact) mass is 368 g/mol. The molecular weight excluding hydrogens is 344 g/mol. The molecule has 142 valence electrons. The normalized spacial score (nSPS) is 11.3. The molecule has 0 aliphatic rings. The van der Waals surface area contributed by atoms with Crippen LogP contribution in [0.25, 0.3) is 0 Å². The molecule has 0 heterocycles. The van der Waals surface area contributed by atoms with E-state index in [9.17, 15) is 14.4 Å².